The Labute approximate surface area is 152 Å². The number of carbonyl (C=O) groups is 1. The molecule has 0 atom stereocenters. The van der Waals surface area contributed by atoms with Crippen molar-refractivity contribution in [3.8, 4) is 11.5 Å². The van der Waals surface area contributed by atoms with Crippen LogP contribution in [0.4, 0.5) is 0 Å². The summed E-state index contributed by atoms with van der Waals surface area (Å²) >= 11 is 5.80. The molecule has 25 heavy (non-hydrogen) atoms. The number of phenolic OH excluding ortho intramolecular Hbond substituents is 1. The van der Waals surface area contributed by atoms with Gasteiger partial charge in [0.05, 0.1) is 13.0 Å². The lowest BCUT2D eigenvalue weighted by Crippen LogP contribution is -2.52. The monoisotopic (exact) mass is 357 g/mol. The number of halogens is 1. The topological polar surface area (TPSA) is 49.8 Å². The maximum atomic E-state index is 12.3. The Balaban J connectivity index is 1.42. The van der Waals surface area contributed by atoms with Crippen molar-refractivity contribution >= 4 is 17.5 Å². The van der Waals surface area contributed by atoms with Gasteiger partial charge in [-0.3, -0.25) is 4.79 Å². The number of ether oxygens (including phenoxy) is 1. The Kier molecular flexibility index (Phi) is 5.64. The van der Waals surface area contributed by atoms with E-state index in [-0.39, 0.29) is 11.7 Å². The number of alkyl halides is 1. The predicted octanol–water partition coefficient (Wildman–Crippen LogP) is 3.44. The van der Waals surface area contributed by atoms with Crippen molar-refractivity contribution in [2.75, 3.05) is 25.6 Å². The third kappa shape index (κ3) is 4.79. The highest BCUT2D eigenvalue weighted by atomic mass is 35.5. The Hall–Kier alpha value is -2.42. The number of aromatic hydroxyl groups is 1. The van der Waals surface area contributed by atoms with Crippen LogP contribution in [0.2, 0.25) is 0 Å². The summed E-state index contributed by atoms with van der Waals surface area (Å²) in [5.74, 6) is 1.85. The molecule has 130 valence electrons. The SMILES string of the molecule is O=C(CC1=CC=C(CCl)C=C=C1)N1CC(COc2ccc(O)cc2)C1. The molecule has 1 aromatic rings. The zero-order valence-electron chi connectivity index (χ0n) is 13.8. The molecule has 1 fully saturated rings. The highest BCUT2D eigenvalue weighted by Gasteiger charge is 2.31. The summed E-state index contributed by atoms with van der Waals surface area (Å²) < 4.78 is 5.68. The highest BCUT2D eigenvalue weighted by Crippen LogP contribution is 2.22. The fourth-order valence-corrected chi connectivity index (χ4v) is 2.85. The van der Waals surface area contributed by atoms with E-state index in [9.17, 15) is 9.90 Å². The minimum absolute atomic E-state index is 0.118. The van der Waals surface area contributed by atoms with E-state index in [4.69, 9.17) is 16.3 Å². The number of phenols is 1. The molecular formula is C20H20ClNO3. The van der Waals surface area contributed by atoms with E-state index in [0.29, 0.717) is 37.9 Å². The molecule has 1 aromatic carbocycles. The summed E-state index contributed by atoms with van der Waals surface area (Å²) in [5, 5.41) is 9.24. The van der Waals surface area contributed by atoms with Crippen LogP contribution < -0.4 is 4.74 Å². The van der Waals surface area contributed by atoms with Crippen LogP contribution in [0.5, 0.6) is 11.5 Å². The van der Waals surface area contributed by atoms with Crippen LogP contribution >= 0.6 is 11.6 Å². The lowest BCUT2D eigenvalue weighted by atomic mass is 9.99. The first-order valence-electron chi connectivity index (χ1n) is 8.22. The van der Waals surface area contributed by atoms with Crippen molar-refractivity contribution in [1.82, 2.24) is 4.90 Å². The first kappa shape index (κ1) is 17.4. The molecule has 3 rings (SSSR count). The number of hydrogen-bond acceptors (Lipinski definition) is 3. The number of carbonyl (C=O) groups excluding carboxylic acids is 1. The van der Waals surface area contributed by atoms with E-state index in [0.717, 1.165) is 16.9 Å². The third-order valence-electron chi connectivity index (χ3n) is 4.19. The van der Waals surface area contributed by atoms with Gasteiger partial charge in [-0.25, -0.2) is 0 Å². The van der Waals surface area contributed by atoms with E-state index in [2.05, 4.69) is 5.73 Å². The van der Waals surface area contributed by atoms with Crippen molar-refractivity contribution in [2.24, 2.45) is 5.92 Å². The number of amides is 1. The Bertz CT molecular complexity index is 752. The van der Waals surface area contributed by atoms with Crippen molar-refractivity contribution in [3.63, 3.8) is 0 Å². The summed E-state index contributed by atoms with van der Waals surface area (Å²) in [6.45, 7) is 2.00. The second-order valence-electron chi connectivity index (χ2n) is 6.22. The van der Waals surface area contributed by atoms with Crippen molar-refractivity contribution in [3.05, 3.63) is 65.4 Å². The third-order valence-corrected chi connectivity index (χ3v) is 4.50. The number of nitrogens with zero attached hydrogens (tertiary/aromatic N) is 1. The molecule has 0 aromatic heterocycles. The van der Waals surface area contributed by atoms with Crippen LogP contribution in [-0.4, -0.2) is 41.5 Å². The fraction of sp³-hybridized carbons (Fsp3) is 0.300. The Morgan fingerprint density at radius 3 is 2.60 bits per heavy atom. The summed E-state index contributed by atoms with van der Waals surface area (Å²) in [6, 6.07) is 6.66. The fourth-order valence-electron chi connectivity index (χ4n) is 2.68. The Morgan fingerprint density at radius 2 is 1.88 bits per heavy atom. The molecule has 0 spiro atoms. The van der Waals surface area contributed by atoms with E-state index in [1.807, 2.05) is 29.2 Å². The summed E-state index contributed by atoms with van der Waals surface area (Å²) in [4.78, 5) is 14.2. The average molecular weight is 358 g/mol. The van der Waals surface area contributed by atoms with E-state index in [1.165, 1.54) is 0 Å². The number of rotatable bonds is 6. The minimum Gasteiger partial charge on any atom is -0.508 e. The molecule has 1 aliphatic heterocycles. The smallest absolute Gasteiger partial charge is 0.227 e. The molecule has 0 radical (unpaired) electrons. The second-order valence-corrected chi connectivity index (χ2v) is 6.49. The zero-order valence-corrected chi connectivity index (χ0v) is 14.6. The normalized spacial score (nSPS) is 16.8. The van der Waals surface area contributed by atoms with Gasteiger partial charge in [-0.05, 0) is 47.6 Å². The minimum atomic E-state index is 0.118. The van der Waals surface area contributed by atoms with Crippen molar-refractivity contribution in [1.29, 1.82) is 0 Å². The number of allylic oxidation sites excluding steroid dienone is 4. The quantitative estimate of drug-likeness (QED) is 0.626. The standard InChI is InChI=1S/C20H20ClNO3/c21-11-16-3-1-2-15(4-5-16)10-20(24)22-12-17(13-22)14-25-19-8-6-18(23)7-9-19/h2-9,17,23H,10-14H2. The van der Waals surface area contributed by atoms with Gasteiger partial charge in [0.15, 0.2) is 0 Å². The highest BCUT2D eigenvalue weighted by molar-refractivity contribution is 6.19. The molecule has 2 aliphatic rings. The zero-order chi connectivity index (χ0) is 17.6. The second kappa shape index (κ2) is 8.11. The summed E-state index contributed by atoms with van der Waals surface area (Å²) in [5.41, 5.74) is 4.97. The molecule has 4 nitrogen and oxygen atoms in total. The maximum absolute atomic E-state index is 12.3. The molecular weight excluding hydrogens is 338 g/mol. The first-order chi connectivity index (χ1) is 12.1. The molecule has 0 unspecified atom stereocenters. The van der Waals surface area contributed by atoms with Gasteiger partial charge in [-0.15, -0.1) is 17.3 Å². The van der Waals surface area contributed by atoms with Crippen molar-refractivity contribution < 1.29 is 14.6 Å². The lowest BCUT2D eigenvalue weighted by Gasteiger charge is -2.39. The molecule has 1 N–H and O–H groups in total. The summed E-state index contributed by atoms with van der Waals surface area (Å²) in [6.07, 6.45) is 7.90. The number of benzene rings is 1. The van der Waals surface area contributed by atoms with Crippen LogP contribution in [-0.2, 0) is 4.79 Å². The van der Waals surface area contributed by atoms with Gasteiger partial charge >= 0.3 is 0 Å². The number of likely N-dealkylation sites (tertiary alicyclic amines) is 1. The first-order valence-corrected chi connectivity index (χ1v) is 8.75. The van der Waals surface area contributed by atoms with Gasteiger partial charge in [0.25, 0.3) is 0 Å². The molecule has 1 aliphatic carbocycles. The van der Waals surface area contributed by atoms with E-state index in [1.54, 1.807) is 24.3 Å². The van der Waals surface area contributed by atoms with Gasteiger partial charge in [0.1, 0.15) is 11.5 Å². The Morgan fingerprint density at radius 1 is 1.20 bits per heavy atom. The van der Waals surface area contributed by atoms with Gasteiger partial charge in [-0.1, -0.05) is 12.2 Å². The summed E-state index contributed by atoms with van der Waals surface area (Å²) in [7, 11) is 0. The van der Waals surface area contributed by atoms with Gasteiger partial charge in [0.2, 0.25) is 5.91 Å². The predicted molar refractivity (Wildman–Crippen MR) is 97.8 cm³/mol. The van der Waals surface area contributed by atoms with Crippen LogP contribution in [0, 0.1) is 5.92 Å². The number of hydrogen-bond donors (Lipinski definition) is 1. The molecule has 0 saturated carbocycles. The van der Waals surface area contributed by atoms with Crippen LogP contribution in [0.1, 0.15) is 6.42 Å². The van der Waals surface area contributed by atoms with Gasteiger partial charge in [0, 0.05) is 24.9 Å². The van der Waals surface area contributed by atoms with Gasteiger partial charge < -0.3 is 14.7 Å². The van der Waals surface area contributed by atoms with E-state index < -0.39 is 0 Å². The average Bonchev–Trinajstić information content (AvgIpc) is 2.80. The molecule has 1 heterocycles. The molecule has 5 heteroatoms. The van der Waals surface area contributed by atoms with Gasteiger partial charge in [-0.2, -0.15) is 0 Å². The molecule has 1 saturated heterocycles. The molecule has 1 amide bonds. The van der Waals surface area contributed by atoms with Crippen LogP contribution in [0.25, 0.3) is 0 Å². The molecule has 0 bridgehead atoms. The van der Waals surface area contributed by atoms with E-state index >= 15 is 0 Å². The van der Waals surface area contributed by atoms with Crippen LogP contribution in [0.3, 0.4) is 0 Å². The van der Waals surface area contributed by atoms with Crippen LogP contribution in [0.15, 0.2) is 65.4 Å². The lowest BCUT2D eigenvalue weighted by molar-refractivity contribution is -0.137. The largest absolute Gasteiger partial charge is 0.508 e. The van der Waals surface area contributed by atoms with Crippen molar-refractivity contribution in [2.45, 2.75) is 6.42 Å². The maximum Gasteiger partial charge on any atom is 0.227 e.